The quantitative estimate of drug-likeness (QED) is 0.825. The largest absolute Gasteiger partial charge is 0.481 e. The first-order valence-electron chi connectivity index (χ1n) is 7.96. The third-order valence-electron chi connectivity index (χ3n) is 4.74. The summed E-state index contributed by atoms with van der Waals surface area (Å²) in [6, 6.07) is 0. The van der Waals surface area contributed by atoms with Gasteiger partial charge in [0.1, 0.15) is 0 Å². The topological polar surface area (TPSA) is 105 Å². The zero-order valence-electron chi connectivity index (χ0n) is 12.5. The van der Waals surface area contributed by atoms with Crippen LogP contribution in [0.3, 0.4) is 0 Å². The molecule has 1 aromatic heterocycles. The molecule has 1 aromatic rings. The number of carbonyl (C=O) groups excluding carboxylic acids is 1. The van der Waals surface area contributed by atoms with Gasteiger partial charge in [0.05, 0.1) is 5.92 Å². The van der Waals surface area contributed by atoms with Crippen molar-refractivity contribution in [2.75, 3.05) is 6.54 Å². The minimum Gasteiger partial charge on any atom is -0.481 e. The molecule has 2 atom stereocenters. The molecule has 7 nitrogen and oxygen atoms in total. The number of carboxylic acid groups (broad SMARTS) is 1. The Morgan fingerprint density at radius 1 is 1.23 bits per heavy atom. The van der Waals surface area contributed by atoms with Crippen LogP contribution in [0.25, 0.3) is 0 Å². The highest BCUT2D eigenvalue weighted by molar-refractivity contribution is 5.80. The minimum atomic E-state index is -0.800. The fourth-order valence-corrected chi connectivity index (χ4v) is 3.08. The lowest BCUT2D eigenvalue weighted by atomic mass is 9.85. The fourth-order valence-electron chi connectivity index (χ4n) is 3.08. The molecule has 0 aromatic carbocycles. The van der Waals surface area contributed by atoms with E-state index in [1.54, 1.807) is 0 Å². The number of carbonyl (C=O) groups is 2. The van der Waals surface area contributed by atoms with E-state index in [-0.39, 0.29) is 17.7 Å². The molecule has 120 valence electrons. The summed E-state index contributed by atoms with van der Waals surface area (Å²) in [7, 11) is 0. The summed E-state index contributed by atoms with van der Waals surface area (Å²) in [4.78, 5) is 27.3. The minimum absolute atomic E-state index is 0.0635. The predicted octanol–water partition coefficient (Wildman–Crippen LogP) is 1.50. The number of hydrogen-bond acceptors (Lipinski definition) is 5. The molecule has 0 spiro atoms. The molecule has 0 radical (unpaired) electrons. The normalized spacial score (nSPS) is 24.9. The molecule has 2 aliphatic carbocycles. The van der Waals surface area contributed by atoms with Gasteiger partial charge in [-0.1, -0.05) is 11.6 Å². The molecule has 0 aliphatic heterocycles. The molecule has 0 saturated heterocycles. The Kier molecular flexibility index (Phi) is 4.40. The molecule has 2 fully saturated rings. The molecule has 22 heavy (non-hydrogen) atoms. The van der Waals surface area contributed by atoms with Crippen LogP contribution in [-0.4, -0.2) is 33.7 Å². The summed E-state index contributed by atoms with van der Waals surface area (Å²) in [5.41, 5.74) is 0. The smallest absolute Gasteiger partial charge is 0.306 e. The monoisotopic (exact) mass is 307 g/mol. The Morgan fingerprint density at radius 3 is 2.64 bits per heavy atom. The summed E-state index contributed by atoms with van der Waals surface area (Å²) in [5, 5.41) is 15.7. The van der Waals surface area contributed by atoms with Crippen LogP contribution in [0.15, 0.2) is 4.52 Å². The summed E-state index contributed by atoms with van der Waals surface area (Å²) in [5.74, 6) is 0.332. The Bertz CT molecular complexity index is 553. The van der Waals surface area contributed by atoms with E-state index in [1.807, 2.05) is 0 Å². The van der Waals surface area contributed by atoms with Gasteiger partial charge >= 0.3 is 5.97 Å². The SMILES string of the molecule is O=C(O)[C@@H]1CC[C@H](C(=O)NCCc2noc(C3CCC3)n2)C1. The van der Waals surface area contributed by atoms with Gasteiger partial charge in [-0.05, 0) is 32.1 Å². The van der Waals surface area contributed by atoms with Gasteiger partial charge in [0.2, 0.25) is 11.8 Å². The van der Waals surface area contributed by atoms with Gasteiger partial charge in [0.15, 0.2) is 5.82 Å². The third kappa shape index (κ3) is 3.28. The van der Waals surface area contributed by atoms with Crippen LogP contribution < -0.4 is 5.32 Å². The summed E-state index contributed by atoms with van der Waals surface area (Å²) < 4.78 is 5.23. The third-order valence-corrected chi connectivity index (χ3v) is 4.74. The van der Waals surface area contributed by atoms with E-state index in [0.717, 1.165) is 12.8 Å². The van der Waals surface area contributed by atoms with Gasteiger partial charge in [0.25, 0.3) is 0 Å². The number of amides is 1. The summed E-state index contributed by atoms with van der Waals surface area (Å²) in [6.07, 6.45) is 5.67. The van der Waals surface area contributed by atoms with Crippen LogP contribution in [0, 0.1) is 11.8 Å². The van der Waals surface area contributed by atoms with Crippen molar-refractivity contribution < 1.29 is 19.2 Å². The average molecular weight is 307 g/mol. The van der Waals surface area contributed by atoms with E-state index in [1.165, 1.54) is 6.42 Å². The second kappa shape index (κ2) is 6.46. The van der Waals surface area contributed by atoms with Crippen LogP contribution in [0.2, 0.25) is 0 Å². The molecule has 2 N–H and O–H groups in total. The Hall–Kier alpha value is -1.92. The molecule has 2 aliphatic rings. The maximum Gasteiger partial charge on any atom is 0.306 e. The van der Waals surface area contributed by atoms with Gasteiger partial charge < -0.3 is 14.9 Å². The summed E-state index contributed by atoms with van der Waals surface area (Å²) in [6.45, 7) is 0.455. The average Bonchev–Trinajstić information content (AvgIpc) is 3.06. The number of rotatable bonds is 6. The maximum atomic E-state index is 12.0. The van der Waals surface area contributed by atoms with Gasteiger partial charge in [-0.3, -0.25) is 9.59 Å². The Morgan fingerprint density at radius 2 is 2.00 bits per heavy atom. The van der Waals surface area contributed by atoms with Crippen LogP contribution in [0.1, 0.15) is 56.2 Å². The van der Waals surface area contributed by atoms with Crippen molar-refractivity contribution in [1.82, 2.24) is 15.5 Å². The van der Waals surface area contributed by atoms with Crippen molar-refractivity contribution in [3.05, 3.63) is 11.7 Å². The lowest BCUT2D eigenvalue weighted by Crippen LogP contribution is -2.31. The number of nitrogens with zero attached hydrogens (tertiary/aromatic N) is 2. The second-order valence-electron chi connectivity index (χ2n) is 6.26. The van der Waals surface area contributed by atoms with Gasteiger partial charge in [0, 0.05) is 24.8 Å². The molecule has 1 amide bonds. The van der Waals surface area contributed by atoms with E-state index < -0.39 is 5.97 Å². The van der Waals surface area contributed by atoms with Crippen LogP contribution in [0.5, 0.6) is 0 Å². The second-order valence-corrected chi connectivity index (χ2v) is 6.26. The zero-order valence-corrected chi connectivity index (χ0v) is 12.5. The molecular weight excluding hydrogens is 286 g/mol. The van der Waals surface area contributed by atoms with E-state index in [2.05, 4.69) is 15.5 Å². The van der Waals surface area contributed by atoms with E-state index in [4.69, 9.17) is 9.63 Å². The standard InChI is InChI=1S/C15H21N3O4/c19-13(10-4-5-11(8-10)15(20)21)16-7-6-12-17-14(22-18-12)9-2-1-3-9/h9-11H,1-8H2,(H,16,19)(H,20,21)/t10-,11+/m0/s1. The first-order chi connectivity index (χ1) is 10.6. The van der Waals surface area contributed by atoms with Gasteiger partial charge in [-0.15, -0.1) is 0 Å². The van der Waals surface area contributed by atoms with E-state index in [0.29, 0.717) is 49.9 Å². The van der Waals surface area contributed by atoms with Crippen molar-refractivity contribution in [3.8, 4) is 0 Å². The Labute approximate surface area is 128 Å². The zero-order chi connectivity index (χ0) is 15.5. The number of aromatic nitrogens is 2. The highest BCUT2D eigenvalue weighted by Gasteiger charge is 2.33. The van der Waals surface area contributed by atoms with Crippen LogP contribution in [-0.2, 0) is 16.0 Å². The molecule has 7 heteroatoms. The molecular formula is C15H21N3O4. The van der Waals surface area contributed by atoms with Gasteiger partial charge in [-0.2, -0.15) is 4.98 Å². The van der Waals surface area contributed by atoms with Crippen molar-refractivity contribution >= 4 is 11.9 Å². The predicted molar refractivity (Wildman–Crippen MR) is 76.1 cm³/mol. The molecule has 3 rings (SSSR count). The van der Waals surface area contributed by atoms with Gasteiger partial charge in [-0.25, -0.2) is 0 Å². The lowest BCUT2D eigenvalue weighted by molar-refractivity contribution is -0.141. The number of aliphatic carboxylic acids is 1. The summed E-state index contributed by atoms with van der Waals surface area (Å²) >= 11 is 0. The van der Waals surface area contributed by atoms with Crippen LogP contribution >= 0.6 is 0 Å². The highest BCUT2D eigenvalue weighted by atomic mass is 16.5. The fraction of sp³-hybridized carbons (Fsp3) is 0.733. The highest BCUT2D eigenvalue weighted by Crippen LogP contribution is 2.35. The van der Waals surface area contributed by atoms with Crippen molar-refractivity contribution in [2.45, 2.75) is 50.9 Å². The first kappa shape index (κ1) is 15.0. The van der Waals surface area contributed by atoms with Crippen molar-refractivity contribution in [2.24, 2.45) is 11.8 Å². The van der Waals surface area contributed by atoms with Crippen molar-refractivity contribution in [1.29, 1.82) is 0 Å². The van der Waals surface area contributed by atoms with Crippen molar-refractivity contribution in [3.63, 3.8) is 0 Å². The number of nitrogens with one attached hydrogen (secondary N) is 1. The number of hydrogen-bond donors (Lipinski definition) is 2. The lowest BCUT2D eigenvalue weighted by Gasteiger charge is -2.20. The Balaban J connectivity index is 1.40. The van der Waals surface area contributed by atoms with E-state index >= 15 is 0 Å². The van der Waals surface area contributed by atoms with Crippen LogP contribution in [0.4, 0.5) is 0 Å². The molecule has 0 unspecified atom stereocenters. The maximum absolute atomic E-state index is 12.0. The number of carboxylic acids is 1. The molecule has 1 heterocycles. The molecule has 2 saturated carbocycles. The first-order valence-corrected chi connectivity index (χ1v) is 7.96. The van der Waals surface area contributed by atoms with E-state index in [9.17, 15) is 9.59 Å². The molecule has 0 bridgehead atoms.